The summed E-state index contributed by atoms with van der Waals surface area (Å²) in [5.74, 6) is 0. The highest BCUT2D eigenvalue weighted by Crippen LogP contribution is 2.14. The fraction of sp³-hybridized carbons (Fsp3) is 0.300. The molecule has 0 saturated heterocycles. The number of carbonyl (C=O) groups excluding carboxylic acids is 1. The molecule has 0 aromatic heterocycles. The Morgan fingerprint density at radius 3 is 2.58 bits per heavy atom. The third-order valence-corrected chi connectivity index (χ3v) is 1.61. The summed E-state index contributed by atoms with van der Waals surface area (Å²) in [6.07, 6.45) is 0.696. The van der Waals surface area contributed by atoms with Crippen LogP contribution in [0.2, 0.25) is 0 Å². The fourth-order valence-electron chi connectivity index (χ4n) is 0.955. The Balaban J connectivity index is 0.00000121. The summed E-state index contributed by atoms with van der Waals surface area (Å²) in [5, 5.41) is 2.64. The van der Waals surface area contributed by atoms with E-state index in [0.29, 0.717) is 6.41 Å². The molecule has 0 aliphatic heterocycles. The summed E-state index contributed by atoms with van der Waals surface area (Å²) in [4.78, 5) is 10.1. The van der Waals surface area contributed by atoms with Crippen LogP contribution in [-0.4, -0.2) is 6.41 Å². The summed E-state index contributed by atoms with van der Waals surface area (Å²) in [6, 6.07) is 5.95. The molecular weight excluding hydrogens is 150 g/mol. The van der Waals surface area contributed by atoms with Crippen LogP contribution in [0.15, 0.2) is 18.2 Å². The molecule has 1 aromatic rings. The lowest BCUT2D eigenvalue weighted by Crippen LogP contribution is -1.96. The summed E-state index contributed by atoms with van der Waals surface area (Å²) >= 11 is 0. The molecule has 0 aliphatic rings. The first-order chi connectivity index (χ1) is 5.24. The van der Waals surface area contributed by atoms with Crippen molar-refractivity contribution in [1.29, 1.82) is 0 Å². The van der Waals surface area contributed by atoms with Crippen LogP contribution in [0.5, 0.6) is 0 Å². The highest BCUT2D eigenvalue weighted by Gasteiger charge is 1.94. The van der Waals surface area contributed by atoms with Gasteiger partial charge in [-0.1, -0.05) is 19.6 Å². The topological polar surface area (TPSA) is 29.1 Å². The molecule has 1 rings (SSSR count). The number of hydrogen-bond acceptors (Lipinski definition) is 1. The zero-order valence-electron chi connectivity index (χ0n) is 6.72. The lowest BCUT2D eigenvalue weighted by Gasteiger charge is -2.03. The first-order valence-corrected chi connectivity index (χ1v) is 3.51. The number of hydrogen-bond donors (Lipinski definition) is 1. The SMILES string of the molecule is C.Cc1ccc(C)c(NC=O)c1. The number of benzene rings is 1. The second-order valence-corrected chi connectivity index (χ2v) is 2.58. The van der Waals surface area contributed by atoms with Crippen molar-refractivity contribution in [3.63, 3.8) is 0 Å². The molecule has 1 amide bonds. The van der Waals surface area contributed by atoms with Crippen molar-refractivity contribution in [3.05, 3.63) is 29.3 Å². The number of aryl methyl sites for hydroxylation is 2. The molecule has 0 fully saturated rings. The zero-order valence-corrected chi connectivity index (χ0v) is 6.72. The quantitative estimate of drug-likeness (QED) is 0.670. The maximum absolute atomic E-state index is 10.1. The second-order valence-electron chi connectivity index (χ2n) is 2.58. The molecular formula is C10H15NO. The van der Waals surface area contributed by atoms with Gasteiger partial charge in [0.1, 0.15) is 0 Å². The second kappa shape index (κ2) is 4.54. The largest absolute Gasteiger partial charge is 0.328 e. The Bertz CT molecular complexity index is 269. The van der Waals surface area contributed by atoms with Crippen LogP contribution in [0.4, 0.5) is 5.69 Å². The Morgan fingerprint density at radius 1 is 1.33 bits per heavy atom. The Kier molecular flexibility index (Phi) is 4.05. The third kappa shape index (κ3) is 2.38. The molecule has 66 valence electrons. The van der Waals surface area contributed by atoms with Crippen molar-refractivity contribution in [3.8, 4) is 0 Å². The van der Waals surface area contributed by atoms with Gasteiger partial charge in [-0.2, -0.15) is 0 Å². The van der Waals surface area contributed by atoms with E-state index in [1.165, 1.54) is 0 Å². The summed E-state index contributed by atoms with van der Waals surface area (Å²) in [5.41, 5.74) is 3.13. The molecule has 0 saturated carbocycles. The lowest BCUT2D eigenvalue weighted by molar-refractivity contribution is -0.105. The van der Waals surface area contributed by atoms with Crippen molar-refractivity contribution in [1.82, 2.24) is 0 Å². The van der Waals surface area contributed by atoms with Crippen LogP contribution < -0.4 is 5.32 Å². The van der Waals surface area contributed by atoms with E-state index in [-0.39, 0.29) is 7.43 Å². The number of amides is 1. The molecule has 0 unspecified atom stereocenters. The highest BCUT2D eigenvalue weighted by atomic mass is 16.1. The standard InChI is InChI=1S/C9H11NO.CH4/c1-7-3-4-8(2)9(5-7)10-6-11;/h3-6H,1-2H3,(H,10,11);1H4. The van der Waals surface area contributed by atoms with Gasteiger partial charge < -0.3 is 5.32 Å². The van der Waals surface area contributed by atoms with E-state index < -0.39 is 0 Å². The Morgan fingerprint density at radius 2 is 2.00 bits per heavy atom. The minimum absolute atomic E-state index is 0. The molecule has 0 atom stereocenters. The molecule has 0 heterocycles. The van der Waals surface area contributed by atoms with Gasteiger partial charge in [0.05, 0.1) is 0 Å². The molecule has 0 spiro atoms. The number of rotatable bonds is 2. The van der Waals surface area contributed by atoms with Crippen LogP contribution in [0.1, 0.15) is 18.6 Å². The average molecular weight is 165 g/mol. The maximum Gasteiger partial charge on any atom is 0.211 e. The van der Waals surface area contributed by atoms with Gasteiger partial charge in [0.25, 0.3) is 0 Å². The van der Waals surface area contributed by atoms with Gasteiger partial charge in [0, 0.05) is 5.69 Å². The van der Waals surface area contributed by atoms with Gasteiger partial charge >= 0.3 is 0 Å². The van der Waals surface area contributed by atoms with Gasteiger partial charge in [-0.15, -0.1) is 0 Å². The van der Waals surface area contributed by atoms with E-state index in [1.54, 1.807) is 0 Å². The normalized spacial score (nSPS) is 8.50. The molecule has 0 radical (unpaired) electrons. The number of nitrogens with one attached hydrogen (secondary N) is 1. The van der Waals surface area contributed by atoms with E-state index in [9.17, 15) is 4.79 Å². The minimum atomic E-state index is 0. The highest BCUT2D eigenvalue weighted by molar-refractivity contribution is 5.73. The molecule has 1 aromatic carbocycles. The average Bonchev–Trinajstić information content (AvgIpc) is 1.98. The van der Waals surface area contributed by atoms with Gasteiger partial charge in [-0.25, -0.2) is 0 Å². The van der Waals surface area contributed by atoms with Crippen molar-refractivity contribution < 1.29 is 4.79 Å². The molecule has 12 heavy (non-hydrogen) atoms. The minimum Gasteiger partial charge on any atom is -0.328 e. The van der Waals surface area contributed by atoms with Crippen LogP contribution in [-0.2, 0) is 4.79 Å². The van der Waals surface area contributed by atoms with Crippen molar-refractivity contribution >= 4 is 12.1 Å². The zero-order chi connectivity index (χ0) is 8.27. The molecule has 2 heteroatoms. The fourth-order valence-corrected chi connectivity index (χ4v) is 0.955. The van der Waals surface area contributed by atoms with Crippen LogP contribution >= 0.6 is 0 Å². The predicted octanol–water partition coefficient (Wildman–Crippen LogP) is 2.51. The summed E-state index contributed by atoms with van der Waals surface area (Å²) in [6.45, 7) is 3.96. The third-order valence-electron chi connectivity index (χ3n) is 1.61. The number of carbonyl (C=O) groups is 1. The maximum atomic E-state index is 10.1. The van der Waals surface area contributed by atoms with Crippen molar-refractivity contribution in [2.45, 2.75) is 21.3 Å². The van der Waals surface area contributed by atoms with Gasteiger partial charge in [-0.3, -0.25) is 4.79 Å². The molecule has 1 N–H and O–H groups in total. The van der Waals surface area contributed by atoms with Crippen molar-refractivity contribution in [2.75, 3.05) is 5.32 Å². The smallest absolute Gasteiger partial charge is 0.211 e. The van der Waals surface area contributed by atoms with Crippen LogP contribution in [0.3, 0.4) is 0 Å². The van der Waals surface area contributed by atoms with E-state index in [1.807, 2.05) is 32.0 Å². The van der Waals surface area contributed by atoms with Crippen molar-refractivity contribution in [2.24, 2.45) is 0 Å². The molecule has 0 bridgehead atoms. The first-order valence-electron chi connectivity index (χ1n) is 3.51. The monoisotopic (exact) mass is 165 g/mol. The molecule has 0 aliphatic carbocycles. The van der Waals surface area contributed by atoms with Crippen LogP contribution in [0, 0.1) is 13.8 Å². The Hall–Kier alpha value is -1.31. The van der Waals surface area contributed by atoms with E-state index >= 15 is 0 Å². The van der Waals surface area contributed by atoms with Crippen LogP contribution in [0.25, 0.3) is 0 Å². The van der Waals surface area contributed by atoms with Gasteiger partial charge in [0.2, 0.25) is 6.41 Å². The number of anilines is 1. The van der Waals surface area contributed by atoms with E-state index in [0.717, 1.165) is 16.8 Å². The van der Waals surface area contributed by atoms with Gasteiger partial charge in [0.15, 0.2) is 0 Å². The summed E-state index contributed by atoms with van der Waals surface area (Å²) in [7, 11) is 0. The first kappa shape index (κ1) is 10.7. The van der Waals surface area contributed by atoms with Gasteiger partial charge in [-0.05, 0) is 31.0 Å². The molecule has 2 nitrogen and oxygen atoms in total. The van der Waals surface area contributed by atoms with E-state index in [2.05, 4.69) is 5.32 Å². The predicted molar refractivity (Wildman–Crippen MR) is 52.3 cm³/mol. The summed E-state index contributed by atoms with van der Waals surface area (Å²) < 4.78 is 0. The lowest BCUT2D eigenvalue weighted by atomic mass is 10.1. The van der Waals surface area contributed by atoms with E-state index in [4.69, 9.17) is 0 Å². The Labute approximate surface area is 73.6 Å².